The van der Waals surface area contributed by atoms with Crippen LogP contribution in [0.4, 0.5) is 17.1 Å². The first kappa shape index (κ1) is 29.7. The molecule has 0 aromatic heterocycles. The molecule has 0 fully saturated rings. The number of nitrogens with one attached hydrogen (secondary N) is 1. The largest absolute Gasteiger partial charge is 0.489 e. The minimum absolute atomic E-state index is 0.00535. The number of methoxy groups -OCH3 is 1. The third-order valence-electron chi connectivity index (χ3n) is 6.64. The van der Waals surface area contributed by atoms with Gasteiger partial charge >= 0.3 is 11.7 Å². The van der Waals surface area contributed by atoms with Gasteiger partial charge in [0.2, 0.25) is 5.75 Å². The van der Waals surface area contributed by atoms with Gasteiger partial charge in [-0.05, 0) is 28.8 Å². The van der Waals surface area contributed by atoms with E-state index in [9.17, 15) is 14.9 Å². The molecule has 44 heavy (non-hydrogen) atoms. The molecule has 0 spiro atoms. The van der Waals surface area contributed by atoms with Gasteiger partial charge in [-0.1, -0.05) is 97.1 Å². The number of carbonyl (C=O) groups is 1. The van der Waals surface area contributed by atoms with E-state index in [0.29, 0.717) is 11.5 Å². The number of ether oxygens (including phenoxy) is 4. The summed E-state index contributed by atoms with van der Waals surface area (Å²) in [5.41, 5.74) is 2.70. The molecule has 5 rings (SSSR count). The number of nitrogens with zero attached hydrogens (tertiary/aromatic N) is 1. The lowest BCUT2D eigenvalue weighted by Gasteiger charge is -2.18. The van der Waals surface area contributed by atoms with Crippen LogP contribution in [-0.2, 0) is 24.6 Å². The fraction of sp³-hybridized carbons (Fsp3) is 0.114. The number of para-hydroxylation sites is 1. The number of hydrogen-bond acceptors (Lipinski definition) is 8. The lowest BCUT2D eigenvalue weighted by Crippen LogP contribution is -2.10. The maximum Gasteiger partial charge on any atom is 0.340 e. The molecule has 9 heteroatoms. The topological polar surface area (TPSA) is 109 Å². The SMILES string of the molecule is COC(=O)c1cccc(OCc2ccccc2)c1Nc1cc(OCc2ccccc2)cc(OCc2ccccc2)c1[N+](=O)[O-]. The van der Waals surface area contributed by atoms with Crippen LogP contribution in [0.3, 0.4) is 0 Å². The van der Waals surface area contributed by atoms with Gasteiger partial charge in [0.15, 0.2) is 0 Å². The Morgan fingerprint density at radius 2 is 1.20 bits per heavy atom. The first-order chi connectivity index (χ1) is 21.5. The molecule has 0 saturated carbocycles. The average molecular weight is 591 g/mol. The Morgan fingerprint density at radius 1 is 0.682 bits per heavy atom. The Labute approximate surface area is 254 Å². The Balaban J connectivity index is 1.56. The van der Waals surface area contributed by atoms with Crippen molar-refractivity contribution in [2.45, 2.75) is 19.8 Å². The molecular formula is C35H30N2O7. The molecule has 0 atom stereocenters. The summed E-state index contributed by atoms with van der Waals surface area (Å²) in [4.78, 5) is 24.8. The number of carbonyl (C=O) groups excluding carboxylic acids is 1. The summed E-state index contributed by atoms with van der Waals surface area (Å²) in [7, 11) is 1.26. The Hall–Kier alpha value is -5.83. The number of hydrogen-bond donors (Lipinski definition) is 1. The van der Waals surface area contributed by atoms with Crippen molar-refractivity contribution < 1.29 is 28.7 Å². The van der Waals surface area contributed by atoms with E-state index in [1.54, 1.807) is 18.2 Å². The smallest absolute Gasteiger partial charge is 0.340 e. The third kappa shape index (κ3) is 7.51. The molecule has 222 valence electrons. The van der Waals surface area contributed by atoms with Crippen LogP contribution in [0.15, 0.2) is 121 Å². The van der Waals surface area contributed by atoms with E-state index in [0.717, 1.165) is 16.7 Å². The zero-order valence-electron chi connectivity index (χ0n) is 24.0. The average Bonchev–Trinajstić information content (AvgIpc) is 3.06. The quantitative estimate of drug-likeness (QED) is 0.0838. The van der Waals surface area contributed by atoms with Crippen LogP contribution in [0.5, 0.6) is 17.2 Å². The predicted octanol–water partition coefficient (Wildman–Crippen LogP) is 7.86. The molecule has 0 aliphatic heterocycles. The monoisotopic (exact) mass is 590 g/mol. The van der Waals surface area contributed by atoms with Crippen LogP contribution in [0.2, 0.25) is 0 Å². The van der Waals surface area contributed by atoms with Crippen molar-refractivity contribution in [1.29, 1.82) is 0 Å². The van der Waals surface area contributed by atoms with E-state index >= 15 is 0 Å². The van der Waals surface area contributed by atoms with Gasteiger partial charge in [0.1, 0.15) is 37.0 Å². The number of nitro groups is 1. The molecule has 0 radical (unpaired) electrons. The Bertz CT molecular complexity index is 1710. The van der Waals surface area contributed by atoms with E-state index in [1.165, 1.54) is 19.2 Å². The van der Waals surface area contributed by atoms with Crippen molar-refractivity contribution in [3.05, 3.63) is 154 Å². The van der Waals surface area contributed by atoms with Crippen LogP contribution in [0, 0.1) is 10.1 Å². The Kier molecular flexibility index (Phi) is 9.69. The van der Waals surface area contributed by atoms with Crippen molar-refractivity contribution in [1.82, 2.24) is 0 Å². The lowest BCUT2D eigenvalue weighted by molar-refractivity contribution is -0.385. The lowest BCUT2D eigenvalue weighted by atomic mass is 10.1. The van der Waals surface area contributed by atoms with E-state index < -0.39 is 10.9 Å². The summed E-state index contributed by atoms with van der Waals surface area (Å²) in [6, 6.07) is 36.3. The highest BCUT2D eigenvalue weighted by Gasteiger charge is 2.27. The highest BCUT2D eigenvalue weighted by molar-refractivity contribution is 5.99. The van der Waals surface area contributed by atoms with Gasteiger partial charge in [-0.25, -0.2) is 4.79 Å². The van der Waals surface area contributed by atoms with E-state index in [4.69, 9.17) is 18.9 Å². The van der Waals surface area contributed by atoms with Gasteiger partial charge in [0.25, 0.3) is 0 Å². The molecule has 0 amide bonds. The first-order valence-corrected chi connectivity index (χ1v) is 13.8. The van der Waals surface area contributed by atoms with Crippen molar-refractivity contribution in [3.63, 3.8) is 0 Å². The standard InChI is InChI=1S/C35H30N2O7/c1-41-35(38)29-18-11-19-31(43-23-26-14-7-3-8-15-26)33(29)36-30-20-28(42-22-25-12-5-2-6-13-25)21-32(34(30)37(39)40)44-24-27-16-9-4-10-17-27/h2-21,36H,22-24H2,1H3. The maximum absolute atomic E-state index is 12.8. The second kappa shape index (κ2) is 14.4. The second-order valence-electron chi connectivity index (χ2n) is 9.69. The van der Waals surface area contributed by atoms with Gasteiger partial charge in [-0.2, -0.15) is 0 Å². The molecule has 0 unspecified atom stereocenters. The van der Waals surface area contributed by atoms with Crippen LogP contribution < -0.4 is 19.5 Å². The summed E-state index contributed by atoms with van der Waals surface area (Å²) in [6.07, 6.45) is 0. The molecule has 0 saturated heterocycles. The van der Waals surface area contributed by atoms with Gasteiger partial charge in [-0.3, -0.25) is 10.1 Å². The summed E-state index contributed by atoms with van der Waals surface area (Å²) in [5, 5.41) is 15.6. The molecule has 0 aliphatic carbocycles. The van der Waals surface area contributed by atoms with Gasteiger partial charge in [0.05, 0.1) is 23.3 Å². The Morgan fingerprint density at radius 3 is 1.73 bits per heavy atom. The van der Waals surface area contributed by atoms with Crippen molar-refractivity contribution >= 4 is 23.0 Å². The zero-order valence-corrected chi connectivity index (χ0v) is 24.0. The summed E-state index contributed by atoms with van der Waals surface area (Å²) in [5.74, 6) is -0.0210. The molecule has 5 aromatic rings. The number of esters is 1. The summed E-state index contributed by atoms with van der Waals surface area (Å²) < 4.78 is 23.2. The van der Waals surface area contributed by atoms with Crippen molar-refractivity contribution in [2.24, 2.45) is 0 Å². The highest BCUT2D eigenvalue weighted by atomic mass is 16.6. The normalized spacial score (nSPS) is 10.5. The molecule has 9 nitrogen and oxygen atoms in total. The second-order valence-corrected chi connectivity index (χ2v) is 9.69. The molecule has 1 N–H and O–H groups in total. The summed E-state index contributed by atoms with van der Waals surface area (Å²) >= 11 is 0. The molecule has 0 heterocycles. The predicted molar refractivity (Wildman–Crippen MR) is 166 cm³/mol. The van der Waals surface area contributed by atoms with Crippen molar-refractivity contribution in [3.8, 4) is 17.2 Å². The van der Waals surface area contributed by atoms with Crippen LogP contribution in [0.1, 0.15) is 27.0 Å². The molecule has 0 bridgehead atoms. The third-order valence-corrected chi connectivity index (χ3v) is 6.64. The zero-order chi connectivity index (χ0) is 30.7. The van der Waals surface area contributed by atoms with E-state index in [1.807, 2.05) is 91.0 Å². The number of benzene rings is 5. The minimum atomic E-state index is -0.641. The first-order valence-electron chi connectivity index (χ1n) is 13.8. The highest BCUT2D eigenvalue weighted by Crippen LogP contribution is 2.43. The maximum atomic E-state index is 12.8. The van der Waals surface area contributed by atoms with Crippen LogP contribution in [0.25, 0.3) is 0 Å². The minimum Gasteiger partial charge on any atom is -0.489 e. The van der Waals surface area contributed by atoms with Crippen LogP contribution in [-0.4, -0.2) is 18.0 Å². The van der Waals surface area contributed by atoms with Crippen LogP contribution >= 0.6 is 0 Å². The van der Waals surface area contributed by atoms with Gasteiger partial charge < -0.3 is 24.3 Å². The molecular weight excluding hydrogens is 560 g/mol. The summed E-state index contributed by atoms with van der Waals surface area (Å²) in [6.45, 7) is 0.516. The van der Waals surface area contributed by atoms with E-state index in [-0.39, 0.29) is 48.2 Å². The fourth-order valence-corrected chi connectivity index (χ4v) is 4.47. The molecule has 5 aromatic carbocycles. The number of nitro benzene ring substituents is 1. The fourth-order valence-electron chi connectivity index (χ4n) is 4.47. The van der Waals surface area contributed by atoms with Gasteiger partial charge in [-0.15, -0.1) is 0 Å². The molecule has 0 aliphatic rings. The van der Waals surface area contributed by atoms with Crippen molar-refractivity contribution in [2.75, 3.05) is 12.4 Å². The van der Waals surface area contributed by atoms with Gasteiger partial charge in [0, 0.05) is 12.1 Å². The van der Waals surface area contributed by atoms with E-state index in [2.05, 4.69) is 5.32 Å². The number of rotatable bonds is 13. The number of anilines is 2.